The lowest BCUT2D eigenvalue weighted by Gasteiger charge is -1.97. The molecule has 0 fully saturated rings. The number of methoxy groups -OCH3 is 1. The number of carboxylic acid groups (broad SMARTS) is 1. The van der Waals surface area contributed by atoms with E-state index < -0.39 is 11.3 Å². The van der Waals surface area contributed by atoms with Crippen molar-refractivity contribution in [2.75, 3.05) is 7.11 Å². The number of hydrogen-bond donors (Lipinski definition) is 4. The Hall–Kier alpha value is -1.02. The molecule has 6 nitrogen and oxygen atoms in total. The Morgan fingerprint density at radius 3 is 2.08 bits per heavy atom. The number of ether oxygens (including phenoxy) is 1. The van der Waals surface area contributed by atoms with Crippen LogP contribution in [0.25, 0.3) is 0 Å². The highest BCUT2D eigenvalue weighted by molar-refractivity contribution is 7.96. The molecule has 0 aromatic carbocycles. The first kappa shape index (κ1) is 13.6. The smallest absolute Gasteiger partial charge is 0.412 e. The van der Waals surface area contributed by atoms with Gasteiger partial charge in [0, 0.05) is 0 Å². The predicted molar refractivity (Wildman–Crippen MR) is 49.3 cm³/mol. The van der Waals surface area contributed by atoms with Gasteiger partial charge < -0.3 is 15.6 Å². The lowest BCUT2D eigenvalue weighted by Crippen LogP contribution is -2.27. The van der Waals surface area contributed by atoms with E-state index in [9.17, 15) is 4.79 Å². The van der Waals surface area contributed by atoms with Crippen molar-refractivity contribution in [3.63, 3.8) is 0 Å². The lowest BCUT2D eigenvalue weighted by atomic mass is 11.0. The van der Waals surface area contributed by atoms with Crippen molar-refractivity contribution in [1.82, 2.24) is 5.32 Å². The number of hydrogen-bond acceptors (Lipinski definition) is 4. The second-order valence-corrected chi connectivity index (χ2v) is 2.07. The molecule has 0 aromatic heterocycles. The van der Waals surface area contributed by atoms with Gasteiger partial charge in [0.15, 0.2) is 0 Å². The van der Waals surface area contributed by atoms with Crippen molar-refractivity contribution in [3.05, 3.63) is 0 Å². The van der Waals surface area contributed by atoms with Crippen molar-refractivity contribution in [2.45, 2.75) is 0 Å². The monoisotopic (exact) mass is 212 g/mol. The van der Waals surface area contributed by atoms with Crippen molar-refractivity contribution in [3.8, 4) is 0 Å². The summed E-state index contributed by atoms with van der Waals surface area (Å²) in [7, 11) is 1.29. The van der Waals surface area contributed by atoms with E-state index in [2.05, 4.69) is 35.3 Å². The number of nitrogens with one attached hydrogen (secondary N) is 1. The first-order chi connectivity index (χ1) is 5.40. The summed E-state index contributed by atoms with van der Waals surface area (Å²) < 4.78 is 4.30. The Kier molecular flexibility index (Phi) is 9.13. The van der Waals surface area contributed by atoms with Crippen LogP contribution in [-0.4, -0.2) is 28.7 Å². The largest absolute Gasteiger partial charge is 0.474 e. The second-order valence-electron chi connectivity index (χ2n) is 1.26. The maximum absolute atomic E-state index is 9.69. The zero-order valence-electron chi connectivity index (χ0n) is 6.10. The average molecular weight is 212 g/mol. The summed E-state index contributed by atoms with van der Waals surface area (Å²) in [6.07, 6.45) is -1.21. The third-order valence-electron chi connectivity index (χ3n) is 0.394. The average Bonchev–Trinajstić information content (AvgIpc) is 1.84. The highest BCUT2D eigenvalue weighted by Gasteiger charge is 1.96. The molecule has 0 aromatic rings. The summed E-state index contributed by atoms with van der Waals surface area (Å²) in [5, 5.41) is 8.97. The number of rotatable bonds is 0. The van der Waals surface area contributed by atoms with Crippen LogP contribution in [0.4, 0.5) is 9.59 Å². The highest BCUT2D eigenvalue weighted by Crippen LogP contribution is 1.70. The third kappa shape index (κ3) is 23.1. The quantitative estimate of drug-likeness (QED) is 0.339. The van der Waals surface area contributed by atoms with Crippen LogP contribution in [0.2, 0.25) is 0 Å². The van der Waals surface area contributed by atoms with Gasteiger partial charge in [0.1, 0.15) is 0 Å². The molecule has 2 amide bonds. The molecule has 8 heteroatoms. The molecule has 0 atom stereocenters. The topological polar surface area (TPSA) is 102 Å². The molecular weight excluding hydrogens is 204 g/mol. The Morgan fingerprint density at radius 2 is 2.00 bits per heavy atom. The molecule has 0 heterocycles. The molecule has 0 bridgehead atoms. The van der Waals surface area contributed by atoms with Crippen LogP contribution in [0.5, 0.6) is 0 Å². The molecule has 0 aliphatic carbocycles. The number of nitrogens with two attached hydrogens (primary N) is 1. The van der Waals surface area contributed by atoms with Gasteiger partial charge in [-0.1, -0.05) is 12.6 Å². The molecular formula is C4H8N2O4S2. The van der Waals surface area contributed by atoms with Gasteiger partial charge in [-0.25, -0.2) is 4.79 Å². The van der Waals surface area contributed by atoms with E-state index in [1.165, 1.54) is 7.11 Å². The summed E-state index contributed by atoms with van der Waals surface area (Å²) in [5.74, 6) is 0. The van der Waals surface area contributed by atoms with Crippen molar-refractivity contribution < 1.29 is 19.4 Å². The highest BCUT2D eigenvalue weighted by atomic mass is 32.1. The fourth-order valence-corrected chi connectivity index (χ4v) is 0.226. The summed E-state index contributed by atoms with van der Waals surface area (Å²) in [5.41, 5.74) is 4.34. The van der Waals surface area contributed by atoms with E-state index in [4.69, 9.17) is 9.90 Å². The minimum absolute atomic E-state index is 0.141. The van der Waals surface area contributed by atoms with Crippen LogP contribution in [0.15, 0.2) is 0 Å². The van der Waals surface area contributed by atoms with Crippen LogP contribution < -0.4 is 11.1 Å². The second kappa shape index (κ2) is 8.08. The number of primary amides is 1. The molecule has 0 saturated carbocycles. The van der Waals surface area contributed by atoms with Gasteiger partial charge in [0.25, 0.3) is 10.4 Å². The standard InChI is InChI=1S/C3H5NO3S.CH3NOS/c1-7-3(8)4-2(5)6;2-1(3)4/h1H3,(H,4,8)(H,5,6);(H3,2,3,4). The molecule has 0 radical (unpaired) electrons. The Morgan fingerprint density at radius 1 is 1.67 bits per heavy atom. The molecule has 0 saturated heterocycles. The first-order valence-electron chi connectivity index (χ1n) is 2.46. The minimum Gasteiger partial charge on any atom is -0.474 e. The molecule has 70 valence electrons. The number of carbonyl (C=O) groups is 2. The van der Waals surface area contributed by atoms with E-state index >= 15 is 0 Å². The van der Waals surface area contributed by atoms with Gasteiger partial charge in [-0.3, -0.25) is 10.1 Å². The molecule has 0 unspecified atom stereocenters. The van der Waals surface area contributed by atoms with Crippen LogP contribution >= 0.6 is 24.8 Å². The zero-order valence-corrected chi connectivity index (χ0v) is 7.82. The van der Waals surface area contributed by atoms with Gasteiger partial charge in [0.2, 0.25) is 0 Å². The summed E-state index contributed by atoms with van der Waals surface area (Å²) in [6.45, 7) is 0. The minimum atomic E-state index is -1.21. The van der Waals surface area contributed by atoms with E-state index in [1.807, 2.05) is 5.32 Å². The number of carbonyl (C=O) groups excluding carboxylic acids is 1. The van der Waals surface area contributed by atoms with Crippen molar-refractivity contribution >= 4 is 41.4 Å². The van der Waals surface area contributed by atoms with Gasteiger partial charge in [-0.05, 0) is 12.2 Å². The van der Waals surface area contributed by atoms with E-state index in [1.54, 1.807) is 0 Å². The Balaban J connectivity index is 0. The van der Waals surface area contributed by atoms with Crippen molar-refractivity contribution in [1.29, 1.82) is 0 Å². The van der Waals surface area contributed by atoms with Gasteiger partial charge in [0.05, 0.1) is 7.11 Å². The first-order valence-corrected chi connectivity index (χ1v) is 3.32. The maximum Gasteiger partial charge on any atom is 0.412 e. The lowest BCUT2D eigenvalue weighted by molar-refractivity contribution is 0.197. The van der Waals surface area contributed by atoms with Gasteiger partial charge >= 0.3 is 6.09 Å². The molecule has 0 aliphatic rings. The Bertz CT molecular complexity index is 180. The normalized spacial score (nSPS) is 7.17. The Labute approximate surface area is 79.5 Å². The zero-order chi connectivity index (χ0) is 10.1. The van der Waals surface area contributed by atoms with Gasteiger partial charge in [-0.2, -0.15) is 0 Å². The van der Waals surface area contributed by atoms with E-state index in [0.29, 0.717) is 0 Å². The van der Waals surface area contributed by atoms with Crippen LogP contribution in [0.3, 0.4) is 0 Å². The summed E-state index contributed by atoms with van der Waals surface area (Å²) in [6, 6.07) is 0. The third-order valence-corrected chi connectivity index (χ3v) is 0.663. The molecule has 0 aliphatic heterocycles. The van der Waals surface area contributed by atoms with E-state index in [0.717, 1.165) is 0 Å². The summed E-state index contributed by atoms with van der Waals surface area (Å²) >= 11 is 7.42. The van der Waals surface area contributed by atoms with Crippen molar-refractivity contribution in [2.24, 2.45) is 5.73 Å². The number of thiol groups is 1. The van der Waals surface area contributed by atoms with Crippen LogP contribution in [0.1, 0.15) is 0 Å². The molecule has 12 heavy (non-hydrogen) atoms. The maximum atomic E-state index is 9.69. The molecule has 4 N–H and O–H groups in total. The van der Waals surface area contributed by atoms with Crippen LogP contribution in [0, 0.1) is 0 Å². The summed E-state index contributed by atoms with van der Waals surface area (Å²) in [4.78, 5) is 18.8. The number of amides is 2. The fourth-order valence-electron chi connectivity index (χ4n) is 0.138. The van der Waals surface area contributed by atoms with Crippen LogP contribution in [-0.2, 0) is 4.74 Å². The SMILES string of the molecule is COC(=S)NC(=O)O.NC(=O)S. The predicted octanol–water partition coefficient (Wildman–Crippen LogP) is 0.180. The molecule has 0 spiro atoms. The number of thiocarbonyl (C=S) groups is 1. The van der Waals surface area contributed by atoms with Gasteiger partial charge in [-0.15, -0.1) is 0 Å². The molecule has 0 rings (SSSR count). The fraction of sp³-hybridized carbons (Fsp3) is 0.250. The van der Waals surface area contributed by atoms with E-state index in [-0.39, 0.29) is 5.17 Å².